The van der Waals surface area contributed by atoms with Crippen LogP contribution in [0.15, 0.2) is 47.4 Å². The third kappa shape index (κ3) is 3.62. The molecule has 0 saturated carbocycles. The molecule has 0 bridgehead atoms. The Kier molecular flexibility index (Phi) is 6.24. The minimum absolute atomic E-state index is 0.281. The maximum absolute atomic E-state index is 13.1. The average Bonchev–Trinajstić information content (AvgIpc) is 3.39. The largest absolute Gasteiger partial charge is 0.593 e. The van der Waals surface area contributed by atoms with Crippen LogP contribution in [-0.4, -0.2) is 47.0 Å². The van der Waals surface area contributed by atoms with Crippen LogP contribution in [0.4, 0.5) is 0 Å². The monoisotopic (exact) mass is 372 g/mol. The Morgan fingerprint density at radius 2 is 1.88 bits per heavy atom. The van der Waals surface area contributed by atoms with Crippen molar-refractivity contribution in [3.8, 4) is 16.9 Å². The maximum Gasteiger partial charge on any atom is 0.217 e. The molecule has 4 rings (SSSR count). The van der Waals surface area contributed by atoms with Crippen LogP contribution in [0.2, 0.25) is 0 Å². The second-order valence-electron chi connectivity index (χ2n) is 6.25. The SMILES string of the molecule is CC.CCN1CCN([S+]([O-])c2cc3cc-3c2OC)CC1c1ccccc1. The van der Waals surface area contributed by atoms with Gasteiger partial charge < -0.3 is 9.29 Å². The Hall–Kier alpha value is -1.53. The number of likely N-dealkylation sites (N-methyl/N-ethyl adjacent to an activating group) is 1. The lowest BCUT2D eigenvalue weighted by atomic mass is 10.0. The molecule has 0 N–H and O–H groups in total. The van der Waals surface area contributed by atoms with Crippen LogP contribution < -0.4 is 4.74 Å². The predicted octanol–water partition coefficient (Wildman–Crippen LogP) is 4.10. The minimum Gasteiger partial charge on any atom is -0.593 e. The normalized spacial score (nSPS) is 20.1. The molecule has 2 unspecified atom stereocenters. The van der Waals surface area contributed by atoms with Crippen molar-refractivity contribution in [3.63, 3.8) is 0 Å². The van der Waals surface area contributed by atoms with Gasteiger partial charge in [-0.05, 0) is 23.7 Å². The Labute approximate surface area is 160 Å². The summed E-state index contributed by atoms with van der Waals surface area (Å²) in [5.74, 6) is 0.789. The van der Waals surface area contributed by atoms with E-state index < -0.39 is 11.4 Å². The number of nitrogens with zero attached hydrogens (tertiary/aromatic N) is 2. The molecule has 2 atom stereocenters. The highest BCUT2D eigenvalue weighted by Gasteiger charge is 2.38. The van der Waals surface area contributed by atoms with Crippen LogP contribution >= 0.6 is 0 Å². The lowest BCUT2D eigenvalue weighted by Gasteiger charge is -2.40. The van der Waals surface area contributed by atoms with Gasteiger partial charge in [0.1, 0.15) is 0 Å². The third-order valence-corrected chi connectivity index (χ3v) is 6.43. The quantitative estimate of drug-likeness (QED) is 0.632. The zero-order valence-corrected chi connectivity index (χ0v) is 16.9. The molecule has 0 amide bonds. The molecule has 5 heteroatoms. The van der Waals surface area contributed by atoms with E-state index in [1.165, 1.54) is 11.1 Å². The van der Waals surface area contributed by atoms with Crippen molar-refractivity contribution >= 4 is 11.4 Å². The molecule has 1 aromatic rings. The Bertz CT molecular complexity index is 738. The molecule has 3 aliphatic rings. The first-order valence-electron chi connectivity index (χ1n) is 9.41. The van der Waals surface area contributed by atoms with Gasteiger partial charge in [0.05, 0.1) is 37.6 Å². The highest BCUT2D eigenvalue weighted by Crippen LogP contribution is 2.49. The molecule has 1 aromatic carbocycles. The van der Waals surface area contributed by atoms with Crippen molar-refractivity contribution in [2.75, 3.05) is 33.3 Å². The van der Waals surface area contributed by atoms with E-state index in [4.69, 9.17) is 4.74 Å². The van der Waals surface area contributed by atoms with E-state index in [-0.39, 0.29) is 6.04 Å². The molecule has 2 aliphatic carbocycles. The number of piperazine rings is 1. The fourth-order valence-corrected chi connectivity index (χ4v) is 4.95. The molecule has 26 heavy (non-hydrogen) atoms. The summed E-state index contributed by atoms with van der Waals surface area (Å²) in [7, 11) is 1.66. The molecule has 1 heterocycles. The molecule has 140 valence electrons. The first-order chi connectivity index (χ1) is 12.7. The zero-order valence-electron chi connectivity index (χ0n) is 16.1. The summed E-state index contributed by atoms with van der Waals surface area (Å²) in [5, 5.41) is 0. The number of benzene rings is 2. The van der Waals surface area contributed by atoms with Crippen molar-refractivity contribution in [3.05, 3.63) is 48.0 Å². The number of rotatable bonds is 5. The summed E-state index contributed by atoms with van der Waals surface area (Å²) in [6.07, 6.45) is 0. The van der Waals surface area contributed by atoms with Crippen LogP contribution in [0, 0.1) is 0 Å². The molecule has 1 fully saturated rings. The molecule has 4 nitrogen and oxygen atoms in total. The number of fused-ring (bicyclic) bond motifs is 1. The van der Waals surface area contributed by atoms with Crippen LogP contribution in [0.1, 0.15) is 32.4 Å². The minimum atomic E-state index is -1.17. The second-order valence-corrected chi connectivity index (χ2v) is 7.70. The first kappa shape index (κ1) is 19.2. The molecule has 0 radical (unpaired) electrons. The topological polar surface area (TPSA) is 38.8 Å². The summed E-state index contributed by atoms with van der Waals surface area (Å²) < 4.78 is 20.7. The van der Waals surface area contributed by atoms with E-state index in [2.05, 4.69) is 46.5 Å². The number of hydrogen-bond acceptors (Lipinski definition) is 4. The average molecular weight is 373 g/mol. The second kappa shape index (κ2) is 8.44. The summed E-state index contributed by atoms with van der Waals surface area (Å²) in [6, 6.07) is 14.9. The van der Waals surface area contributed by atoms with Crippen molar-refractivity contribution in [1.82, 2.24) is 9.21 Å². The predicted molar refractivity (Wildman–Crippen MR) is 108 cm³/mol. The fraction of sp³-hybridized carbons (Fsp3) is 0.429. The van der Waals surface area contributed by atoms with E-state index in [1.54, 1.807) is 7.11 Å². The number of hydrogen-bond donors (Lipinski definition) is 0. The van der Waals surface area contributed by atoms with Crippen LogP contribution in [0.3, 0.4) is 0 Å². The number of methoxy groups -OCH3 is 1. The smallest absolute Gasteiger partial charge is 0.217 e. The number of ether oxygens (including phenoxy) is 1. The van der Waals surface area contributed by atoms with E-state index in [9.17, 15) is 4.55 Å². The first-order valence-corrected chi connectivity index (χ1v) is 10.5. The Morgan fingerprint density at radius 1 is 1.15 bits per heavy atom. The molecular formula is C21H28N2O2S. The molecule has 0 aromatic heterocycles. The van der Waals surface area contributed by atoms with E-state index in [0.717, 1.165) is 42.4 Å². The van der Waals surface area contributed by atoms with Gasteiger partial charge in [-0.1, -0.05) is 51.1 Å². The van der Waals surface area contributed by atoms with E-state index in [0.29, 0.717) is 0 Å². The molecule has 1 saturated heterocycles. The molecular weight excluding hydrogens is 344 g/mol. The summed E-state index contributed by atoms with van der Waals surface area (Å²) in [5.41, 5.74) is 3.58. The van der Waals surface area contributed by atoms with Gasteiger partial charge in [-0.25, -0.2) is 0 Å². The van der Waals surface area contributed by atoms with Crippen LogP contribution in [0.5, 0.6) is 5.75 Å². The summed E-state index contributed by atoms with van der Waals surface area (Å²) >= 11 is -1.17. The van der Waals surface area contributed by atoms with Gasteiger partial charge in [0.15, 0.2) is 5.75 Å². The lowest BCUT2D eigenvalue weighted by Crippen LogP contribution is -2.50. The van der Waals surface area contributed by atoms with Gasteiger partial charge in [-0.2, -0.15) is 0 Å². The van der Waals surface area contributed by atoms with Gasteiger partial charge in [-0.3, -0.25) is 4.90 Å². The third-order valence-electron chi connectivity index (χ3n) is 4.95. The van der Waals surface area contributed by atoms with Gasteiger partial charge in [0.2, 0.25) is 4.90 Å². The van der Waals surface area contributed by atoms with Crippen molar-refractivity contribution < 1.29 is 9.29 Å². The Morgan fingerprint density at radius 3 is 2.54 bits per heavy atom. The van der Waals surface area contributed by atoms with Crippen LogP contribution in [0.25, 0.3) is 11.1 Å². The highest BCUT2D eigenvalue weighted by atomic mass is 32.2. The summed E-state index contributed by atoms with van der Waals surface area (Å²) in [4.78, 5) is 3.28. The van der Waals surface area contributed by atoms with E-state index in [1.807, 2.05) is 26.0 Å². The van der Waals surface area contributed by atoms with Crippen LogP contribution in [-0.2, 0) is 11.4 Å². The summed E-state index contributed by atoms with van der Waals surface area (Å²) in [6.45, 7) is 9.70. The molecule has 0 spiro atoms. The van der Waals surface area contributed by atoms with Gasteiger partial charge in [0.25, 0.3) is 0 Å². The lowest BCUT2D eigenvalue weighted by molar-refractivity contribution is 0.124. The van der Waals surface area contributed by atoms with Crippen molar-refractivity contribution in [2.45, 2.75) is 31.7 Å². The van der Waals surface area contributed by atoms with E-state index >= 15 is 0 Å². The Balaban J connectivity index is 0.000000948. The zero-order chi connectivity index (χ0) is 18.7. The van der Waals surface area contributed by atoms with Crippen molar-refractivity contribution in [2.24, 2.45) is 0 Å². The molecule has 1 aliphatic heterocycles. The maximum atomic E-state index is 13.1. The van der Waals surface area contributed by atoms with Gasteiger partial charge in [0, 0.05) is 18.2 Å². The van der Waals surface area contributed by atoms with Gasteiger partial charge >= 0.3 is 0 Å². The van der Waals surface area contributed by atoms with Gasteiger partial charge in [-0.15, -0.1) is 4.31 Å². The van der Waals surface area contributed by atoms with Crippen molar-refractivity contribution in [1.29, 1.82) is 0 Å². The fourth-order valence-electron chi connectivity index (χ4n) is 3.57. The standard InChI is InChI=1S/C19H22N2O2S.C2H6/c1-3-20-9-10-21(13-17(20)14-7-5-4-6-8-14)24(22)18-12-15-11-16(15)19(18)23-2;1-2/h4-8,11-12,17H,3,9-10,13H2,1-2H3;1-2H3. The highest BCUT2D eigenvalue weighted by molar-refractivity contribution is 7.89.